The Kier molecular flexibility index (Phi) is 6.18. The first-order valence-corrected chi connectivity index (χ1v) is 9.37. The van der Waals surface area contributed by atoms with Crippen molar-refractivity contribution in [1.29, 1.82) is 0 Å². The Bertz CT molecular complexity index is 576. The lowest BCUT2D eigenvalue weighted by Gasteiger charge is -2.28. The quantitative estimate of drug-likeness (QED) is 0.646. The average Bonchev–Trinajstić information content (AvgIpc) is 3.23. The number of halogens is 1. The lowest BCUT2D eigenvalue weighted by molar-refractivity contribution is 0.0222. The number of para-hydroxylation sites is 1. The van der Waals surface area contributed by atoms with Crippen LogP contribution in [0.1, 0.15) is 53.0 Å². The van der Waals surface area contributed by atoms with Crippen LogP contribution in [0.2, 0.25) is 0 Å². The summed E-state index contributed by atoms with van der Waals surface area (Å²) in [4.78, 5) is 14.4. The van der Waals surface area contributed by atoms with E-state index in [2.05, 4.69) is 15.9 Å². The molecule has 1 aromatic rings. The highest BCUT2D eigenvalue weighted by Gasteiger charge is 2.30. The van der Waals surface area contributed by atoms with Gasteiger partial charge < -0.3 is 14.4 Å². The average molecular weight is 398 g/mol. The van der Waals surface area contributed by atoms with Crippen LogP contribution in [-0.2, 0) is 11.3 Å². The van der Waals surface area contributed by atoms with E-state index in [0.717, 1.165) is 22.3 Å². The van der Waals surface area contributed by atoms with Gasteiger partial charge in [-0.25, -0.2) is 4.79 Å². The first-order chi connectivity index (χ1) is 11.2. The zero-order valence-corrected chi connectivity index (χ0v) is 16.9. The van der Waals surface area contributed by atoms with E-state index in [1.165, 1.54) is 12.8 Å². The number of hydrogen-bond acceptors (Lipinski definition) is 3. The molecular weight excluding hydrogens is 370 g/mol. The number of amides is 1. The van der Waals surface area contributed by atoms with Gasteiger partial charge in [-0.15, -0.1) is 0 Å². The maximum atomic E-state index is 12.6. The number of ether oxygens (including phenoxy) is 2. The zero-order valence-electron chi connectivity index (χ0n) is 15.3. The topological polar surface area (TPSA) is 38.8 Å². The van der Waals surface area contributed by atoms with E-state index in [4.69, 9.17) is 9.47 Å². The second-order valence-corrected chi connectivity index (χ2v) is 8.55. The van der Waals surface area contributed by atoms with Gasteiger partial charge in [-0.05, 0) is 75.4 Å². The molecule has 0 saturated heterocycles. The van der Waals surface area contributed by atoms with Gasteiger partial charge in [0.25, 0.3) is 0 Å². The van der Waals surface area contributed by atoms with Crippen LogP contribution in [0.5, 0.6) is 5.75 Å². The van der Waals surface area contributed by atoms with Crippen molar-refractivity contribution in [2.75, 3.05) is 6.54 Å². The van der Waals surface area contributed by atoms with Gasteiger partial charge in [-0.2, -0.15) is 0 Å². The third-order valence-corrected chi connectivity index (χ3v) is 4.21. The SMILES string of the molecule is CC(C)Oc1c(Br)cccc1CN(CC1CC1)C(=O)OC(C)(C)C. The number of carbonyl (C=O) groups excluding carboxylic acids is 1. The fraction of sp³-hybridized carbons (Fsp3) is 0.632. The van der Waals surface area contributed by atoms with Gasteiger partial charge in [0.2, 0.25) is 0 Å². The molecule has 1 amide bonds. The first-order valence-electron chi connectivity index (χ1n) is 8.57. The molecular formula is C19H28BrNO3. The molecule has 0 heterocycles. The highest BCUT2D eigenvalue weighted by atomic mass is 79.9. The number of nitrogens with zero attached hydrogens (tertiary/aromatic N) is 1. The summed E-state index contributed by atoms with van der Waals surface area (Å²) in [5.74, 6) is 1.40. The van der Waals surface area contributed by atoms with E-state index in [0.29, 0.717) is 12.5 Å². The van der Waals surface area contributed by atoms with Crippen molar-refractivity contribution in [1.82, 2.24) is 4.90 Å². The number of hydrogen-bond donors (Lipinski definition) is 0. The molecule has 2 rings (SSSR count). The van der Waals surface area contributed by atoms with Crippen molar-refractivity contribution in [3.05, 3.63) is 28.2 Å². The molecule has 0 radical (unpaired) electrons. The molecule has 1 aliphatic carbocycles. The van der Waals surface area contributed by atoms with Crippen LogP contribution < -0.4 is 4.74 Å². The Morgan fingerprint density at radius 1 is 1.33 bits per heavy atom. The molecule has 134 valence electrons. The molecule has 0 aromatic heterocycles. The van der Waals surface area contributed by atoms with Crippen LogP contribution in [0.25, 0.3) is 0 Å². The molecule has 1 aromatic carbocycles. The number of carbonyl (C=O) groups is 1. The third kappa shape index (κ3) is 6.00. The molecule has 0 N–H and O–H groups in total. The second-order valence-electron chi connectivity index (χ2n) is 7.70. The number of rotatable bonds is 6. The third-order valence-electron chi connectivity index (χ3n) is 3.59. The predicted molar refractivity (Wildman–Crippen MR) is 99.3 cm³/mol. The van der Waals surface area contributed by atoms with E-state index >= 15 is 0 Å². The van der Waals surface area contributed by atoms with E-state index in [9.17, 15) is 4.79 Å². The molecule has 0 unspecified atom stereocenters. The van der Waals surface area contributed by atoms with E-state index in [1.54, 1.807) is 4.90 Å². The minimum absolute atomic E-state index is 0.0702. The molecule has 0 bridgehead atoms. The first kappa shape index (κ1) is 19.1. The van der Waals surface area contributed by atoms with E-state index in [-0.39, 0.29) is 12.2 Å². The Labute approximate surface area is 153 Å². The smallest absolute Gasteiger partial charge is 0.410 e. The van der Waals surface area contributed by atoms with Crippen LogP contribution in [0.3, 0.4) is 0 Å². The fourth-order valence-corrected chi connectivity index (χ4v) is 2.89. The second kappa shape index (κ2) is 7.77. The van der Waals surface area contributed by atoms with Crippen molar-refractivity contribution >= 4 is 22.0 Å². The molecule has 1 aliphatic rings. The monoisotopic (exact) mass is 397 g/mol. The molecule has 0 aliphatic heterocycles. The van der Waals surface area contributed by atoms with Crippen LogP contribution in [-0.4, -0.2) is 29.2 Å². The summed E-state index contributed by atoms with van der Waals surface area (Å²) in [6.45, 7) is 10.9. The molecule has 0 spiro atoms. The molecule has 1 fully saturated rings. The van der Waals surface area contributed by atoms with Gasteiger partial charge in [0.1, 0.15) is 11.4 Å². The summed E-state index contributed by atoms with van der Waals surface area (Å²) in [7, 11) is 0. The molecule has 4 nitrogen and oxygen atoms in total. The molecule has 1 saturated carbocycles. The predicted octanol–water partition coefficient (Wildman–Crippen LogP) is 5.38. The Hall–Kier alpha value is -1.23. The van der Waals surface area contributed by atoms with Crippen LogP contribution in [0.15, 0.2) is 22.7 Å². The summed E-state index contributed by atoms with van der Waals surface area (Å²) < 4.78 is 12.4. The lowest BCUT2D eigenvalue weighted by atomic mass is 10.1. The maximum absolute atomic E-state index is 12.6. The number of benzene rings is 1. The van der Waals surface area contributed by atoms with Gasteiger partial charge >= 0.3 is 6.09 Å². The maximum Gasteiger partial charge on any atom is 0.410 e. The largest absolute Gasteiger partial charge is 0.489 e. The van der Waals surface area contributed by atoms with E-state index < -0.39 is 5.60 Å². The van der Waals surface area contributed by atoms with Crippen molar-refractivity contribution in [3.63, 3.8) is 0 Å². The van der Waals surface area contributed by atoms with Crippen LogP contribution >= 0.6 is 15.9 Å². The van der Waals surface area contributed by atoms with Crippen LogP contribution in [0.4, 0.5) is 4.79 Å². The zero-order chi connectivity index (χ0) is 17.9. The van der Waals surface area contributed by atoms with Gasteiger partial charge in [0.05, 0.1) is 17.1 Å². The summed E-state index contributed by atoms with van der Waals surface area (Å²) >= 11 is 3.55. The standard InChI is InChI=1S/C19H28BrNO3/c1-13(2)23-17-15(7-6-8-16(17)20)12-21(11-14-9-10-14)18(22)24-19(3,4)5/h6-8,13-14H,9-12H2,1-5H3. The van der Waals surface area contributed by atoms with Crippen molar-refractivity contribution in [2.24, 2.45) is 5.92 Å². The highest BCUT2D eigenvalue weighted by molar-refractivity contribution is 9.10. The van der Waals surface area contributed by atoms with Gasteiger partial charge in [-0.1, -0.05) is 12.1 Å². The lowest BCUT2D eigenvalue weighted by Crippen LogP contribution is -2.37. The minimum atomic E-state index is -0.493. The minimum Gasteiger partial charge on any atom is -0.489 e. The van der Waals surface area contributed by atoms with Crippen molar-refractivity contribution in [2.45, 2.75) is 65.7 Å². The van der Waals surface area contributed by atoms with Crippen molar-refractivity contribution < 1.29 is 14.3 Å². The molecule has 24 heavy (non-hydrogen) atoms. The van der Waals surface area contributed by atoms with Gasteiger partial charge in [0, 0.05) is 12.1 Å². The normalized spacial score (nSPS) is 14.6. The molecule has 0 atom stereocenters. The van der Waals surface area contributed by atoms with Crippen molar-refractivity contribution in [3.8, 4) is 5.75 Å². The summed E-state index contributed by atoms with van der Waals surface area (Å²) in [6.07, 6.45) is 2.19. The Morgan fingerprint density at radius 3 is 2.54 bits per heavy atom. The Balaban J connectivity index is 2.19. The van der Waals surface area contributed by atoms with E-state index in [1.807, 2.05) is 52.8 Å². The fourth-order valence-electron chi connectivity index (χ4n) is 2.39. The summed E-state index contributed by atoms with van der Waals surface area (Å²) in [5.41, 5.74) is 0.498. The van der Waals surface area contributed by atoms with Gasteiger partial charge in [-0.3, -0.25) is 0 Å². The Morgan fingerprint density at radius 2 is 2.00 bits per heavy atom. The molecule has 5 heteroatoms. The summed E-state index contributed by atoms with van der Waals surface area (Å²) in [5, 5.41) is 0. The summed E-state index contributed by atoms with van der Waals surface area (Å²) in [6, 6.07) is 5.93. The van der Waals surface area contributed by atoms with Gasteiger partial charge in [0.15, 0.2) is 0 Å². The highest BCUT2D eigenvalue weighted by Crippen LogP contribution is 2.34. The van der Waals surface area contributed by atoms with Crippen LogP contribution in [0, 0.1) is 5.92 Å².